The minimum Gasteiger partial charge on any atom is -0.545 e. The predicted octanol–water partition coefficient (Wildman–Crippen LogP) is -0.404. The van der Waals surface area contributed by atoms with Crippen molar-refractivity contribution in [2.45, 2.75) is 13.8 Å². The fourth-order valence-corrected chi connectivity index (χ4v) is 1.61. The van der Waals surface area contributed by atoms with Crippen molar-refractivity contribution in [3.8, 4) is 0 Å². The minimum atomic E-state index is -1.51. The Kier molecular flexibility index (Phi) is 4.04. The number of rotatable bonds is 4. The zero-order valence-electron chi connectivity index (χ0n) is 9.60. The Morgan fingerprint density at radius 2 is 1.53 bits per heavy atom. The van der Waals surface area contributed by atoms with Crippen molar-refractivity contribution in [2.75, 3.05) is 0 Å². The van der Waals surface area contributed by atoms with Crippen LogP contribution in [-0.4, -0.2) is 11.9 Å². The van der Waals surface area contributed by atoms with Gasteiger partial charge in [-0.05, 0) is 17.1 Å². The van der Waals surface area contributed by atoms with Crippen LogP contribution < -0.4 is 10.2 Å². The van der Waals surface area contributed by atoms with Gasteiger partial charge >= 0.3 is 0 Å². The molecule has 0 bridgehead atoms. The highest BCUT2D eigenvalue weighted by Crippen LogP contribution is 2.23. The van der Waals surface area contributed by atoms with E-state index < -0.39 is 17.9 Å². The molecule has 90 valence electrons. The standard InChI is InChI=1S/C13H14O4/c1-8(2)10(12(14)15)11(13(16)17)9-6-4-3-5-7-9/h3-8H,1-2H3,(H,14,15)(H,16,17)/p-2/b11-10+. The average Bonchev–Trinajstić information content (AvgIpc) is 2.25. The van der Waals surface area contributed by atoms with Crippen molar-refractivity contribution in [3.05, 3.63) is 41.5 Å². The molecule has 0 N–H and O–H groups in total. The maximum absolute atomic E-state index is 11.1. The third kappa shape index (κ3) is 2.93. The number of carbonyl (C=O) groups excluding carboxylic acids is 2. The highest BCUT2D eigenvalue weighted by Gasteiger charge is 2.14. The first-order valence-electron chi connectivity index (χ1n) is 5.17. The third-order valence-electron chi connectivity index (χ3n) is 2.33. The average molecular weight is 232 g/mol. The third-order valence-corrected chi connectivity index (χ3v) is 2.33. The lowest BCUT2D eigenvalue weighted by Gasteiger charge is -2.20. The SMILES string of the molecule is CC(C)/C(C(=O)[O-])=C(\C(=O)[O-])c1ccccc1. The van der Waals surface area contributed by atoms with Crippen LogP contribution in [0.4, 0.5) is 0 Å². The number of carbonyl (C=O) groups is 2. The molecule has 17 heavy (non-hydrogen) atoms. The van der Waals surface area contributed by atoms with Crippen LogP contribution >= 0.6 is 0 Å². The van der Waals surface area contributed by atoms with Crippen molar-refractivity contribution in [3.63, 3.8) is 0 Å². The Balaban J connectivity index is 3.49. The molecule has 0 saturated carbocycles. The fraction of sp³-hybridized carbons (Fsp3) is 0.231. The van der Waals surface area contributed by atoms with E-state index in [0.29, 0.717) is 5.56 Å². The molecule has 0 radical (unpaired) electrons. The zero-order valence-corrected chi connectivity index (χ0v) is 9.60. The van der Waals surface area contributed by atoms with Gasteiger partial charge in [-0.15, -0.1) is 0 Å². The summed E-state index contributed by atoms with van der Waals surface area (Å²) < 4.78 is 0. The summed E-state index contributed by atoms with van der Waals surface area (Å²) in [6.45, 7) is 3.19. The first-order chi connectivity index (χ1) is 7.95. The van der Waals surface area contributed by atoms with Gasteiger partial charge in [0.05, 0.1) is 11.9 Å². The van der Waals surface area contributed by atoms with Gasteiger partial charge in [0.2, 0.25) is 0 Å². The molecule has 0 aromatic heterocycles. The normalized spacial score (nSPS) is 12.2. The lowest BCUT2D eigenvalue weighted by atomic mass is 9.92. The van der Waals surface area contributed by atoms with Gasteiger partial charge in [-0.1, -0.05) is 44.2 Å². The van der Waals surface area contributed by atoms with Crippen molar-refractivity contribution in [2.24, 2.45) is 5.92 Å². The van der Waals surface area contributed by atoms with E-state index >= 15 is 0 Å². The highest BCUT2D eigenvalue weighted by atomic mass is 16.4. The number of carboxylic acid groups (broad SMARTS) is 2. The Bertz CT molecular complexity index is 458. The second-order valence-electron chi connectivity index (χ2n) is 3.88. The second kappa shape index (κ2) is 5.30. The molecule has 0 saturated heterocycles. The highest BCUT2D eigenvalue weighted by molar-refractivity contribution is 6.20. The smallest absolute Gasteiger partial charge is 0.0724 e. The molecule has 0 amide bonds. The molecule has 0 aliphatic rings. The van der Waals surface area contributed by atoms with Crippen LogP contribution in [0.1, 0.15) is 19.4 Å². The van der Waals surface area contributed by atoms with E-state index in [1.165, 1.54) is 12.1 Å². The summed E-state index contributed by atoms with van der Waals surface area (Å²) >= 11 is 0. The molecule has 0 aliphatic carbocycles. The molecule has 0 heterocycles. The van der Waals surface area contributed by atoms with Gasteiger partial charge < -0.3 is 19.8 Å². The molecule has 4 nitrogen and oxygen atoms in total. The van der Waals surface area contributed by atoms with Crippen LogP contribution in [0.15, 0.2) is 35.9 Å². The molecule has 0 aliphatic heterocycles. The van der Waals surface area contributed by atoms with Crippen LogP contribution in [0.25, 0.3) is 5.57 Å². The molecule has 1 rings (SSSR count). The summed E-state index contributed by atoms with van der Waals surface area (Å²) in [7, 11) is 0. The van der Waals surface area contributed by atoms with E-state index in [4.69, 9.17) is 0 Å². The van der Waals surface area contributed by atoms with Gasteiger partial charge in [-0.3, -0.25) is 0 Å². The van der Waals surface area contributed by atoms with Crippen LogP contribution in [0.3, 0.4) is 0 Å². The largest absolute Gasteiger partial charge is 0.545 e. The fourth-order valence-electron chi connectivity index (χ4n) is 1.61. The van der Waals surface area contributed by atoms with Gasteiger partial charge in [0.25, 0.3) is 0 Å². The molecular weight excluding hydrogens is 220 g/mol. The first kappa shape index (κ1) is 13.0. The Morgan fingerprint density at radius 1 is 1.00 bits per heavy atom. The zero-order chi connectivity index (χ0) is 13.0. The molecule has 0 atom stereocenters. The van der Waals surface area contributed by atoms with Gasteiger partial charge in [0, 0.05) is 5.57 Å². The van der Waals surface area contributed by atoms with Crippen molar-refractivity contribution < 1.29 is 19.8 Å². The Hall–Kier alpha value is -2.10. The lowest BCUT2D eigenvalue weighted by molar-refractivity contribution is -0.302. The predicted molar refractivity (Wildman–Crippen MR) is 58.2 cm³/mol. The number of benzene rings is 1. The topological polar surface area (TPSA) is 80.3 Å². The molecule has 0 fully saturated rings. The van der Waals surface area contributed by atoms with Crippen LogP contribution in [-0.2, 0) is 9.59 Å². The number of aliphatic carboxylic acids is 2. The number of hydrogen-bond donors (Lipinski definition) is 0. The van der Waals surface area contributed by atoms with Gasteiger partial charge in [0.1, 0.15) is 0 Å². The summed E-state index contributed by atoms with van der Waals surface area (Å²) in [5.74, 6) is -3.46. The van der Waals surface area contributed by atoms with Gasteiger partial charge in [0.15, 0.2) is 0 Å². The Labute approximate surface area is 99.2 Å². The second-order valence-corrected chi connectivity index (χ2v) is 3.88. The Morgan fingerprint density at radius 3 is 1.88 bits per heavy atom. The van der Waals surface area contributed by atoms with E-state index in [0.717, 1.165) is 0 Å². The van der Waals surface area contributed by atoms with Crippen molar-refractivity contribution in [1.82, 2.24) is 0 Å². The summed E-state index contributed by atoms with van der Waals surface area (Å²) in [6, 6.07) is 8.02. The summed E-state index contributed by atoms with van der Waals surface area (Å²) in [4.78, 5) is 22.1. The van der Waals surface area contributed by atoms with E-state index in [-0.39, 0.29) is 11.1 Å². The van der Waals surface area contributed by atoms with Crippen LogP contribution in [0.5, 0.6) is 0 Å². The lowest BCUT2D eigenvalue weighted by Crippen LogP contribution is -2.33. The van der Waals surface area contributed by atoms with Crippen LogP contribution in [0, 0.1) is 5.92 Å². The molecule has 0 spiro atoms. The molecule has 4 heteroatoms. The summed E-state index contributed by atoms with van der Waals surface area (Å²) in [5, 5.41) is 22.1. The van der Waals surface area contributed by atoms with Crippen molar-refractivity contribution >= 4 is 17.5 Å². The monoisotopic (exact) mass is 232 g/mol. The van der Waals surface area contributed by atoms with E-state index in [1.54, 1.807) is 32.0 Å². The maximum atomic E-state index is 11.1. The first-order valence-corrected chi connectivity index (χ1v) is 5.17. The van der Waals surface area contributed by atoms with Crippen molar-refractivity contribution in [1.29, 1.82) is 0 Å². The molecular formula is C13H12O4-2. The summed E-state index contributed by atoms with van der Waals surface area (Å²) in [5.41, 5.74) is -0.266. The van der Waals surface area contributed by atoms with E-state index in [2.05, 4.69) is 0 Å². The molecule has 1 aromatic carbocycles. The van der Waals surface area contributed by atoms with Gasteiger partial charge in [-0.2, -0.15) is 0 Å². The number of hydrogen-bond acceptors (Lipinski definition) is 4. The number of carboxylic acids is 2. The quantitative estimate of drug-likeness (QED) is 0.661. The maximum Gasteiger partial charge on any atom is 0.0724 e. The van der Waals surface area contributed by atoms with E-state index in [1.807, 2.05) is 0 Å². The van der Waals surface area contributed by atoms with Gasteiger partial charge in [-0.25, -0.2) is 0 Å². The van der Waals surface area contributed by atoms with E-state index in [9.17, 15) is 19.8 Å². The summed E-state index contributed by atoms with van der Waals surface area (Å²) in [6.07, 6.45) is 0. The minimum absolute atomic E-state index is 0.254. The van der Waals surface area contributed by atoms with Crippen LogP contribution in [0.2, 0.25) is 0 Å². The molecule has 0 unspecified atom stereocenters. The molecule has 1 aromatic rings.